The minimum Gasteiger partial charge on any atom is -0.370 e. The lowest BCUT2D eigenvalue weighted by Gasteiger charge is -2.36. The van der Waals surface area contributed by atoms with Gasteiger partial charge in [-0.15, -0.1) is 0 Å². The summed E-state index contributed by atoms with van der Waals surface area (Å²) in [7, 11) is 2.11. The van der Waals surface area contributed by atoms with Crippen molar-refractivity contribution in [2.75, 3.05) is 49.2 Å². The zero-order valence-corrected chi connectivity index (χ0v) is 13.5. The van der Waals surface area contributed by atoms with Gasteiger partial charge in [-0.3, -0.25) is 0 Å². The number of nitrogens with zero attached hydrogens (tertiary/aromatic N) is 4. The van der Waals surface area contributed by atoms with Gasteiger partial charge in [-0.2, -0.15) is 9.97 Å². The van der Waals surface area contributed by atoms with Crippen LogP contribution in [0.3, 0.4) is 0 Å². The molecule has 2 heterocycles. The number of rotatable bonds is 6. The number of hydrogen-bond donors (Lipinski definition) is 2. The lowest BCUT2D eigenvalue weighted by Crippen LogP contribution is -2.43. The van der Waals surface area contributed by atoms with Crippen LogP contribution in [0.4, 0.5) is 17.6 Å². The summed E-state index contributed by atoms with van der Waals surface area (Å²) in [5, 5.41) is 3.28. The van der Waals surface area contributed by atoms with Crippen molar-refractivity contribution in [1.82, 2.24) is 14.9 Å². The average Bonchev–Trinajstić information content (AvgIpc) is 2.51. The summed E-state index contributed by atoms with van der Waals surface area (Å²) in [6, 6.07) is 2.53. The second kappa shape index (κ2) is 7.45. The van der Waals surface area contributed by atoms with Crippen LogP contribution in [0, 0.1) is 0 Å². The van der Waals surface area contributed by atoms with Crippen molar-refractivity contribution in [3.63, 3.8) is 0 Å². The molecule has 0 saturated carbocycles. The third-order valence-electron chi connectivity index (χ3n) is 4.20. The molecule has 0 radical (unpaired) electrons. The van der Waals surface area contributed by atoms with Crippen LogP contribution >= 0.6 is 0 Å². The van der Waals surface area contributed by atoms with Gasteiger partial charge in [-0.05, 0) is 25.8 Å². The van der Waals surface area contributed by atoms with Crippen molar-refractivity contribution in [1.29, 1.82) is 0 Å². The maximum absolute atomic E-state index is 5.84. The molecule has 0 bridgehead atoms. The van der Waals surface area contributed by atoms with Crippen LogP contribution in [0.15, 0.2) is 6.07 Å². The molecule has 6 nitrogen and oxygen atoms in total. The van der Waals surface area contributed by atoms with Gasteiger partial charge in [0.25, 0.3) is 0 Å². The number of nitrogens with one attached hydrogen (secondary N) is 1. The Kier molecular flexibility index (Phi) is 5.61. The van der Waals surface area contributed by atoms with Gasteiger partial charge in [0.1, 0.15) is 11.6 Å². The van der Waals surface area contributed by atoms with Gasteiger partial charge in [-0.1, -0.05) is 13.8 Å². The van der Waals surface area contributed by atoms with Gasteiger partial charge in [0.15, 0.2) is 0 Å². The van der Waals surface area contributed by atoms with E-state index < -0.39 is 0 Å². The summed E-state index contributed by atoms with van der Waals surface area (Å²) in [4.78, 5) is 13.4. The fraction of sp³-hybridized carbons (Fsp3) is 0.733. The molecule has 0 aromatic carbocycles. The Hall–Kier alpha value is -1.56. The number of piperidine rings is 1. The molecule has 0 amide bonds. The van der Waals surface area contributed by atoms with E-state index in [2.05, 4.69) is 46.0 Å². The fourth-order valence-corrected chi connectivity index (χ4v) is 2.79. The molecular formula is C15H28N6. The standard InChI is InChI=1S/C15H28N6/c1-4-8-17-13-11-14(19-15(16)18-13)20(3)12-6-9-21(5-2)10-7-12/h11-12H,4-10H2,1-3H3,(H3,16,17,18,19). The highest BCUT2D eigenvalue weighted by Crippen LogP contribution is 2.23. The average molecular weight is 292 g/mol. The molecule has 1 aromatic rings. The Balaban J connectivity index is 2.04. The number of nitrogens with two attached hydrogens (primary N) is 1. The zero-order valence-electron chi connectivity index (χ0n) is 13.5. The van der Waals surface area contributed by atoms with E-state index in [1.54, 1.807) is 0 Å². The quantitative estimate of drug-likeness (QED) is 0.833. The molecule has 118 valence electrons. The van der Waals surface area contributed by atoms with E-state index in [0.717, 1.165) is 44.2 Å². The van der Waals surface area contributed by atoms with E-state index in [9.17, 15) is 0 Å². The third kappa shape index (κ3) is 4.20. The first-order chi connectivity index (χ1) is 10.1. The number of likely N-dealkylation sites (tertiary alicyclic amines) is 1. The van der Waals surface area contributed by atoms with E-state index in [-0.39, 0.29) is 0 Å². The molecule has 1 aromatic heterocycles. The largest absolute Gasteiger partial charge is 0.370 e. The molecule has 0 atom stereocenters. The van der Waals surface area contributed by atoms with Crippen molar-refractivity contribution in [3.8, 4) is 0 Å². The van der Waals surface area contributed by atoms with Crippen LogP contribution in [-0.2, 0) is 0 Å². The van der Waals surface area contributed by atoms with Crippen LogP contribution in [0.1, 0.15) is 33.1 Å². The van der Waals surface area contributed by atoms with Crippen LogP contribution < -0.4 is 16.0 Å². The zero-order chi connectivity index (χ0) is 15.2. The van der Waals surface area contributed by atoms with E-state index in [0.29, 0.717) is 12.0 Å². The van der Waals surface area contributed by atoms with E-state index >= 15 is 0 Å². The maximum atomic E-state index is 5.84. The van der Waals surface area contributed by atoms with Gasteiger partial charge in [0, 0.05) is 38.8 Å². The molecule has 0 unspecified atom stereocenters. The molecule has 1 fully saturated rings. The smallest absolute Gasteiger partial charge is 0.223 e. The number of hydrogen-bond acceptors (Lipinski definition) is 6. The third-order valence-corrected chi connectivity index (χ3v) is 4.20. The van der Waals surface area contributed by atoms with Crippen LogP contribution in [0.2, 0.25) is 0 Å². The highest BCUT2D eigenvalue weighted by atomic mass is 15.2. The maximum Gasteiger partial charge on any atom is 0.223 e. The first-order valence-corrected chi connectivity index (χ1v) is 7.97. The Bertz CT molecular complexity index is 442. The van der Waals surface area contributed by atoms with Crippen molar-refractivity contribution < 1.29 is 0 Å². The van der Waals surface area contributed by atoms with Gasteiger partial charge in [-0.25, -0.2) is 0 Å². The van der Waals surface area contributed by atoms with E-state index in [1.165, 1.54) is 12.8 Å². The van der Waals surface area contributed by atoms with Crippen molar-refractivity contribution >= 4 is 17.6 Å². The summed E-state index contributed by atoms with van der Waals surface area (Å²) in [6.45, 7) is 8.71. The summed E-state index contributed by atoms with van der Waals surface area (Å²) < 4.78 is 0. The van der Waals surface area contributed by atoms with Gasteiger partial charge < -0.3 is 20.9 Å². The molecule has 1 aliphatic rings. The topological polar surface area (TPSA) is 70.3 Å². The molecule has 0 aliphatic carbocycles. The summed E-state index contributed by atoms with van der Waals surface area (Å²) in [5.41, 5.74) is 5.84. The lowest BCUT2D eigenvalue weighted by atomic mass is 10.0. The van der Waals surface area contributed by atoms with E-state index in [1.807, 2.05) is 6.07 Å². The summed E-state index contributed by atoms with van der Waals surface area (Å²) in [5.74, 6) is 2.07. The molecule has 21 heavy (non-hydrogen) atoms. The number of anilines is 3. The molecular weight excluding hydrogens is 264 g/mol. The predicted octanol–water partition coefficient (Wildman–Crippen LogP) is 1.80. The van der Waals surface area contributed by atoms with E-state index in [4.69, 9.17) is 5.73 Å². The molecule has 6 heteroatoms. The predicted molar refractivity (Wildman–Crippen MR) is 88.8 cm³/mol. The number of nitrogen functional groups attached to an aromatic ring is 1. The van der Waals surface area contributed by atoms with Crippen LogP contribution in [-0.4, -0.2) is 54.1 Å². The SMILES string of the molecule is CCCNc1cc(N(C)C2CCN(CC)CC2)nc(N)n1. The molecule has 0 spiro atoms. The highest BCUT2D eigenvalue weighted by molar-refractivity contribution is 5.52. The Morgan fingerprint density at radius 2 is 2.05 bits per heavy atom. The highest BCUT2D eigenvalue weighted by Gasteiger charge is 2.23. The first kappa shape index (κ1) is 15.8. The van der Waals surface area contributed by atoms with Crippen LogP contribution in [0.5, 0.6) is 0 Å². The second-order valence-corrected chi connectivity index (χ2v) is 5.67. The number of aromatic nitrogens is 2. The second-order valence-electron chi connectivity index (χ2n) is 5.67. The normalized spacial score (nSPS) is 16.9. The van der Waals surface area contributed by atoms with Crippen molar-refractivity contribution in [3.05, 3.63) is 6.07 Å². The Morgan fingerprint density at radius 1 is 1.33 bits per heavy atom. The Morgan fingerprint density at radius 3 is 2.67 bits per heavy atom. The van der Waals surface area contributed by atoms with Gasteiger partial charge in [0.05, 0.1) is 0 Å². The summed E-state index contributed by atoms with van der Waals surface area (Å²) in [6.07, 6.45) is 3.41. The monoisotopic (exact) mass is 292 g/mol. The van der Waals surface area contributed by atoms with Crippen molar-refractivity contribution in [2.24, 2.45) is 0 Å². The van der Waals surface area contributed by atoms with Crippen molar-refractivity contribution in [2.45, 2.75) is 39.2 Å². The Labute approximate surface area is 127 Å². The molecule has 3 N–H and O–H groups in total. The first-order valence-electron chi connectivity index (χ1n) is 7.97. The van der Waals surface area contributed by atoms with Crippen LogP contribution in [0.25, 0.3) is 0 Å². The lowest BCUT2D eigenvalue weighted by molar-refractivity contribution is 0.220. The fourth-order valence-electron chi connectivity index (χ4n) is 2.79. The minimum absolute atomic E-state index is 0.337. The van der Waals surface area contributed by atoms with Gasteiger partial charge >= 0.3 is 0 Å². The molecule has 1 saturated heterocycles. The molecule has 1 aliphatic heterocycles. The van der Waals surface area contributed by atoms with Gasteiger partial charge in [0.2, 0.25) is 5.95 Å². The minimum atomic E-state index is 0.337. The molecule has 2 rings (SSSR count). The summed E-state index contributed by atoms with van der Waals surface area (Å²) >= 11 is 0.